The van der Waals surface area contributed by atoms with Gasteiger partial charge in [-0.15, -0.1) is 0 Å². The van der Waals surface area contributed by atoms with Crippen LogP contribution in [0.15, 0.2) is 89.7 Å². The van der Waals surface area contributed by atoms with Crippen LogP contribution >= 0.6 is 28.1 Å². The van der Waals surface area contributed by atoms with E-state index in [1.807, 2.05) is 24.4 Å². The topological polar surface area (TPSA) is 33.1 Å². The summed E-state index contributed by atoms with van der Waals surface area (Å²) in [6.45, 7) is 4.25. The highest BCUT2D eigenvalue weighted by molar-refractivity contribution is 9.10. The summed E-state index contributed by atoms with van der Waals surface area (Å²) in [5.74, 6) is 0. The van der Waals surface area contributed by atoms with Crippen molar-refractivity contribution >= 4 is 38.9 Å². The summed E-state index contributed by atoms with van der Waals surface area (Å²) in [6, 6.07) is 25.1. The van der Waals surface area contributed by atoms with E-state index in [2.05, 4.69) is 110 Å². The second-order valence-corrected chi connectivity index (χ2v) is 9.43. The number of benzene rings is 2. The molecule has 32 heavy (non-hydrogen) atoms. The van der Waals surface area contributed by atoms with E-state index >= 15 is 0 Å². The molecule has 4 nitrogen and oxygen atoms in total. The molecule has 0 radical (unpaired) electrons. The lowest BCUT2D eigenvalue weighted by Crippen LogP contribution is -2.30. The third-order valence-corrected chi connectivity index (χ3v) is 6.56. The molecule has 0 bridgehead atoms. The van der Waals surface area contributed by atoms with E-state index in [-0.39, 0.29) is 12.1 Å². The fraction of sp³-hybridized carbons (Fsp3) is 0.154. The lowest BCUT2D eigenvalue weighted by molar-refractivity contribution is 0.549. The van der Waals surface area contributed by atoms with Gasteiger partial charge in [-0.3, -0.25) is 4.98 Å². The van der Waals surface area contributed by atoms with E-state index < -0.39 is 0 Å². The number of aryl methyl sites for hydroxylation is 2. The quantitative estimate of drug-likeness (QED) is 0.326. The maximum Gasteiger partial charge on any atom is 0.174 e. The first kappa shape index (κ1) is 20.9. The number of nitrogens with zero attached hydrogens (tertiary/aromatic N) is 3. The first-order chi connectivity index (χ1) is 15.5. The van der Waals surface area contributed by atoms with Crippen LogP contribution in [-0.4, -0.2) is 14.7 Å². The number of rotatable bonds is 4. The largest absolute Gasteiger partial charge is 0.351 e. The summed E-state index contributed by atoms with van der Waals surface area (Å²) in [5.41, 5.74) is 6.72. The van der Waals surface area contributed by atoms with E-state index in [1.165, 1.54) is 11.1 Å². The minimum absolute atomic E-state index is 0.0624. The average Bonchev–Trinajstić information content (AvgIpc) is 3.38. The van der Waals surface area contributed by atoms with Gasteiger partial charge in [0.05, 0.1) is 11.7 Å². The van der Waals surface area contributed by atoms with Crippen LogP contribution in [0.2, 0.25) is 0 Å². The highest BCUT2D eigenvalue weighted by Crippen LogP contribution is 2.42. The van der Waals surface area contributed by atoms with Gasteiger partial charge in [0.15, 0.2) is 5.11 Å². The van der Waals surface area contributed by atoms with Crippen LogP contribution in [0, 0.1) is 13.8 Å². The summed E-state index contributed by atoms with van der Waals surface area (Å²) < 4.78 is 3.28. The van der Waals surface area contributed by atoms with Gasteiger partial charge in [0.25, 0.3) is 0 Å². The van der Waals surface area contributed by atoms with E-state index in [0.29, 0.717) is 5.11 Å². The molecule has 1 N–H and O–H groups in total. The minimum atomic E-state index is -0.0784. The van der Waals surface area contributed by atoms with Crippen LogP contribution < -0.4 is 10.2 Å². The Balaban J connectivity index is 1.69. The van der Waals surface area contributed by atoms with Gasteiger partial charge in [-0.2, -0.15) is 0 Å². The van der Waals surface area contributed by atoms with Crippen molar-refractivity contribution in [1.82, 2.24) is 14.9 Å². The smallest absolute Gasteiger partial charge is 0.174 e. The molecule has 0 amide bonds. The van der Waals surface area contributed by atoms with Gasteiger partial charge in [-0.25, -0.2) is 0 Å². The molecule has 2 aromatic carbocycles. The van der Waals surface area contributed by atoms with Gasteiger partial charge in [0.2, 0.25) is 0 Å². The van der Waals surface area contributed by atoms with E-state index in [0.717, 1.165) is 27.2 Å². The van der Waals surface area contributed by atoms with Gasteiger partial charge in [-0.1, -0.05) is 34.1 Å². The molecule has 1 saturated heterocycles. The summed E-state index contributed by atoms with van der Waals surface area (Å²) in [7, 11) is 0. The number of aromatic nitrogens is 2. The Kier molecular flexibility index (Phi) is 5.57. The summed E-state index contributed by atoms with van der Waals surface area (Å²) in [6.07, 6.45) is 3.94. The number of hydrogen-bond donors (Lipinski definition) is 1. The molecular formula is C26H23BrN4S. The predicted octanol–water partition coefficient (Wildman–Crippen LogP) is 6.43. The number of thiocarbonyl (C=S) groups is 1. The summed E-state index contributed by atoms with van der Waals surface area (Å²) >= 11 is 9.50. The third kappa shape index (κ3) is 3.85. The molecule has 0 aliphatic carbocycles. The van der Waals surface area contributed by atoms with Crippen molar-refractivity contribution in [1.29, 1.82) is 0 Å². The van der Waals surface area contributed by atoms with E-state index in [4.69, 9.17) is 12.2 Å². The Morgan fingerprint density at radius 2 is 1.72 bits per heavy atom. The molecule has 160 valence electrons. The van der Waals surface area contributed by atoms with Gasteiger partial charge in [0.1, 0.15) is 6.04 Å². The van der Waals surface area contributed by atoms with E-state index in [1.54, 1.807) is 0 Å². The fourth-order valence-corrected chi connectivity index (χ4v) is 5.25. The molecule has 1 aliphatic heterocycles. The van der Waals surface area contributed by atoms with Crippen molar-refractivity contribution in [3.63, 3.8) is 0 Å². The van der Waals surface area contributed by atoms with Gasteiger partial charge < -0.3 is 14.8 Å². The molecular weight excluding hydrogens is 480 g/mol. The zero-order chi connectivity index (χ0) is 22.2. The third-order valence-electron chi connectivity index (χ3n) is 5.75. The number of anilines is 1. The van der Waals surface area contributed by atoms with Crippen LogP contribution in [0.4, 0.5) is 5.69 Å². The van der Waals surface area contributed by atoms with Crippen molar-refractivity contribution in [2.45, 2.75) is 25.9 Å². The molecule has 4 aromatic rings. The maximum atomic E-state index is 5.89. The molecule has 0 saturated carbocycles. The van der Waals surface area contributed by atoms with Crippen LogP contribution in [-0.2, 0) is 0 Å². The first-order valence-corrected chi connectivity index (χ1v) is 11.7. The molecule has 5 rings (SSSR count). The molecule has 0 spiro atoms. The number of hydrogen-bond acceptors (Lipinski definition) is 2. The second kappa shape index (κ2) is 8.52. The van der Waals surface area contributed by atoms with Crippen LogP contribution in [0.25, 0.3) is 5.69 Å². The van der Waals surface area contributed by atoms with E-state index in [9.17, 15) is 0 Å². The normalized spacial score (nSPS) is 18.1. The number of pyridine rings is 1. The molecule has 1 aliphatic rings. The van der Waals surface area contributed by atoms with Gasteiger partial charge in [0, 0.05) is 33.9 Å². The van der Waals surface area contributed by atoms with Crippen molar-refractivity contribution in [2.75, 3.05) is 4.90 Å². The lowest BCUT2D eigenvalue weighted by Gasteiger charge is -2.29. The molecule has 3 heterocycles. The Morgan fingerprint density at radius 3 is 2.44 bits per heavy atom. The highest BCUT2D eigenvalue weighted by atomic mass is 79.9. The second-order valence-electron chi connectivity index (χ2n) is 8.13. The van der Waals surface area contributed by atoms with Gasteiger partial charge in [-0.05, 0) is 91.8 Å². The lowest BCUT2D eigenvalue weighted by atomic mass is 10.00. The highest BCUT2D eigenvalue weighted by Gasteiger charge is 2.42. The zero-order valence-electron chi connectivity index (χ0n) is 17.9. The molecule has 6 heteroatoms. The van der Waals surface area contributed by atoms with Crippen molar-refractivity contribution in [2.24, 2.45) is 0 Å². The van der Waals surface area contributed by atoms with Crippen molar-refractivity contribution in [3.05, 3.63) is 112 Å². The van der Waals surface area contributed by atoms with Crippen molar-refractivity contribution in [3.8, 4) is 5.69 Å². The number of nitrogens with one attached hydrogen (secondary N) is 1. The maximum absolute atomic E-state index is 5.89. The van der Waals surface area contributed by atoms with Crippen LogP contribution in [0.3, 0.4) is 0 Å². The monoisotopic (exact) mass is 502 g/mol. The molecule has 2 aromatic heterocycles. The Labute approximate surface area is 202 Å². The Morgan fingerprint density at radius 1 is 0.906 bits per heavy atom. The Hall–Kier alpha value is -2.96. The standard InChI is InChI=1S/C26H23BrN4S/c1-17-13-18(2)15-21(14-17)31-25(24(29-26(31)32)22-9-3-4-11-28-22)23-10-6-12-30(23)20-8-5-7-19(27)16-20/h3-16,24-25H,1-2H3,(H,29,32)/t24-,25+/m1/s1. The molecule has 0 unspecified atom stereocenters. The van der Waals surface area contributed by atoms with Crippen molar-refractivity contribution < 1.29 is 0 Å². The zero-order valence-corrected chi connectivity index (χ0v) is 20.3. The SMILES string of the molecule is Cc1cc(C)cc(N2C(=S)N[C@H](c3ccccn3)[C@@H]2c2cccn2-c2cccc(Br)c2)c1. The van der Waals surface area contributed by atoms with Crippen LogP contribution in [0.5, 0.6) is 0 Å². The summed E-state index contributed by atoms with van der Waals surface area (Å²) in [4.78, 5) is 6.90. The predicted molar refractivity (Wildman–Crippen MR) is 137 cm³/mol. The van der Waals surface area contributed by atoms with Crippen LogP contribution in [0.1, 0.15) is 34.6 Å². The van der Waals surface area contributed by atoms with Gasteiger partial charge >= 0.3 is 0 Å². The summed E-state index contributed by atoms with van der Waals surface area (Å²) in [5, 5.41) is 4.26. The average molecular weight is 503 g/mol. The minimum Gasteiger partial charge on any atom is -0.351 e. The molecule has 1 fully saturated rings. The Bertz CT molecular complexity index is 1260. The first-order valence-electron chi connectivity index (χ1n) is 10.5. The molecule has 2 atom stereocenters. The fourth-order valence-electron chi connectivity index (χ4n) is 4.52. The number of halogens is 1.